The fourth-order valence-electron chi connectivity index (χ4n) is 11.8. The molecule has 2 unspecified atom stereocenters. The summed E-state index contributed by atoms with van der Waals surface area (Å²) in [5.74, 6) is -0.717. The third kappa shape index (κ3) is 70.5. The van der Waals surface area contributed by atoms with Crippen LogP contribution >= 0.6 is 15.6 Å². The third-order valence-corrected chi connectivity index (χ3v) is 19.9. The van der Waals surface area contributed by atoms with Crippen LogP contribution in [0, 0.1) is 11.8 Å². The van der Waals surface area contributed by atoms with Crippen LogP contribution in [0.1, 0.15) is 401 Å². The number of carbonyl (C=O) groups is 4. The Kier molecular flexibility index (Phi) is 67.4. The molecule has 0 aromatic carbocycles. The second-order valence-electron chi connectivity index (χ2n) is 28.7. The van der Waals surface area contributed by atoms with Gasteiger partial charge in [0.15, 0.2) is 12.2 Å². The summed E-state index contributed by atoms with van der Waals surface area (Å²) >= 11 is 0. The largest absolute Gasteiger partial charge is 0.472 e. The monoisotopic (exact) mass is 1410 g/mol. The van der Waals surface area contributed by atoms with Gasteiger partial charge in [-0.2, -0.15) is 0 Å². The molecule has 0 amide bonds. The van der Waals surface area contributed by atoms with Crippen LogP contribution in [-0.4, -0.2) is 96.7 Å². The Hall–Kier alpha value is -1.94. The van der Waals surface area contributed by atoms with Crippen LogP contribution in [0.15, 0.2) is 0 Å². The molecule has 0 spiro atoms. The van der Waals surface area contributed by atoms with Gasteiger partial charge in [0.1, 0.15) is 19.3 Å². The molecule has 0 rings (SSSR count). The number of hydrogen-bond donors (Lipinski definition) is 3. The summed E-state index contributed by atoms with van der Waals surface area (Å²) in [5, 5.41) is 10.6. The van der Waals surface area contributed by atoms with E-state index in [4.69, 9.17) is 37.0 Å². The standard InChI is InChI=1S/C77H150O17P2/c1-7-9-11-13-15-17-19-21-23-25-26-28-30-32-34-36-42-49-55-61-76(81)93-72(65-87-74(79)59-53-47-41-35-33-31-29-27-24-22-20-18-16-14-12-10-8-2)67-91-95(83,84)89-63-71(78)64-90-96(85,86)92-68-73(94-77(82)62-56-50-44-38-40-46-52-58-70(5)6)66-88-75(80)60-54-48-43-37-39-45-51-57-69(3)4/h69-73,78H,7-68H2,1-6H3,(H,83,84)(H,85,86)/t71-,72-,73-/m1/s1. The molecule has 0 aromatic rings. The lowest BCUT2D eigenvalue weighted by Gasteiger charge is -2.21. The number of phosphoric ester groups is 2. The summed E-state index contributed by atoms with van der Waals surface area (Å²) in [7, 11) is -9.91. The van der Waals surface area contributed by atoms with Gasteiger partial charge in [0.25, 0.3) is 0 Å². The Labute approximate surface area is 588 Å². The van der Waals surface area contributed by atoms with Crippen molar-refractivity contribution in [3.63, 3.8) is 0 Å². The predicted octanol–water partition coefficient (Wildman–Crippen LogP) is 22.7. The molecular formula is C77H150O17P2. The van der Waals surface area contributed by atoms with Crippen LogP contribution < -0.4 is 0 Å². The molecule has 3 N–H and O–H groups in total. The van der Waals surface area contributed by atoms with Crippen LogP contribution in [0.2, 0.25) is 0 Å². The van der Waals surface area contributed by atoms with Crippen molar-refractivity contribution in [1.29, 1.82) is 0 Å². The Bertz CT molecular complexity index is 1860. The molecule has 0 aliphatic rings. The summed E-state index contributed by atoms with van der Waals surface area (Å²) in [6.45, 7) is 9.48. The molecule has 17 nitrogen and oxygen atoms in total. The molecule has 96 heavy (non-hydrogen) atoms. The van der Waals surface area contributed by atoms with Crippen molar-refractivity contribution in [3.05, 3.63) is 0 Å². The molecule has 5 atom stereocenters. The summed E-state index contributed by atoms with van der Waals surface area (Å²) < 4.78 is 68.5. The Balaban J connectivity index is 5.21. The Morgan fingerprint density at radius 3 is 0.708 bits per heavy atom. The van der Waals surface area contributed by atoms with Gasteiger partial charge >= 0.3 is 39.5 Å². The van der Waals surface area contributed by atoms with Crippen LogP contribution in [0.5, 0.6) is 0 Å². The van der Waals surface area contributed by atoms with Crippen LogP contribution in [0.25, 0.3) is 0 Å². The van der Waals surface area contributed by atoms with Gasteiger partial charge in [-0.25, -0.2) is 9.13 Å². The highest BCUT2D eigenvalue weighted by atomic mass is 31.2. The van der Waals surface area contributed by atoms with E-state index >= 15 is 0 Å². The number of aliphatic hydroxyl groups is 1. The highest BCUT2D eigenvalue weighted by Crippen LogP contribution is 2.45. The highest BCUT2D eigenvalue weighted by Gasteiger charge is 2.30. The topological polar surface area (TPSA) is 237 Å². The molecule has 0 aromatic heterocycles. The first-order chi connectivity index (χ1) is 46.4. The molecule has 0 radical (unpaired) electrons. The van der Waals surface area contributed by atoms with E-state index in [9.17, 15) is 43.2 Å². The average molecular weight is 1410 g/mol. The molecule has 0 bridgehead atoms. The minimum atomic E-state index is -4.96. The number of hydrogen-bond acceptors (Lipinski definition) is 15. The van der Waals surface area contributed by atoms with Gasteiger partial charge in [-0.05, 0) is 37.5 Å². The molecule has 0 fully saturated rings. The maximum atomic E-state index is 13.1. The van der Waals surface area contributed by atoms with Gasteiger partial charge in [0.2, 0.25) is 0 Å². The van der Waals surface area contributed by atoms with Gasteiger partial charge in [0.05, 0.1) is 26.4 Å². The maximum Gasteiger partial charge on any atom is 0.472 e. The SMILES string of the molecule is CCCCCCCCCCCCCCCCCCCCCC(=O)O[C@H](COC(=O)CCCCCCCCCCCCCCCCCCC)COP(=O)(O)OC[C@@H](O)COP(=O)(O)OC[C@@H](COC(=O)CCCCCCCCCC(C)C)OC(=O)CCCCCCCCCC(C)C. The molecule has 0 heterocycles. The minimum Gasteiger partial charge on any atom is -0.462 e. The molecule has 0 saturated heterocycles. The summed E-state index contributed by atoms with van der Waals surface area (Å²) in [6, 6.07) is 0. The zero-order valence-corrected chi connectivity index (χ0v) is 64.5. The van der Waals surface area contributed by atoms with Crippen LogP contribution in [0.4, 0.5) is 0 Å². The van der Waals surface area contributed by atoms with Crippen molar-refractivity contribution >= 4 is 39.5 Å². The van der Waals surface area contributed by atoms with Gasteiger partial charge in [-0.15, -0.1) is 0 Å². The van der Waals surface area contributed by atoms with Crippen molar-refractivity contribution in [2.24, 2.45) is 11.8 Å². The summed E-state index contributed by atoms with van der Waals surface area (Å²) in [6.07, 6.45) is 57.2. The number of ether oxygens (including phenoxy) is 4. The first-order valence-electron chi connectivity index (χ1n) is 40.0. The van der Waals surface area contributed by atoms with E-state index in [0.717, 1.165) is 96.3 Å². The van der Waals surface area contributed by atoms with E-state index in [1.807, 2.05) is 0 Å². The second kappa shape index (κ2) is 68.8. The second-order valence-corrected chi connectivity index (χ2v) is 31.6. The molecule has 570 valence electrons. The fourth-order valence-corrected chi connectivity index (χ4v) is 13.4. The van der Waals surface area contributed by atoms with Crippen LogP contribution in [0.3, 0.4) is 0 Å². The number of unbranched alkanes of at least 4 members (excludes halogenated alkanes) is 46. The highest BCUT2D eigenvalue weighted by molar-refractivity contribution is 7.47. The number of rotatable bonds is 76. The molecular weight excluding hydrogens is 1260 g/mol. The van der Waals surface area contributed by atoms with E-state index in [2.05, 4.69) is 41.5 Å². The fraction of sp³-hybridized carbons (Fsp3) is 0.948. The maximum absolute atomic E-state index is 13.1. The summed E-state index contributed by atoms with van der Waals surface area (Å²) in [4.78, 5) is 72.8. The predicted molar refractivity (Wildman–Crippen MR) is 391 cm³/mol. The van der Waals surface area contributed by atoms with Crippen molar-refractivity contribution in [1.82, 2.24) is 0 Å². The van der Waals surface area contributed by atoms with Crippen LogP contribution in [-0.2, 0) is 65.4 Å². The lowest BCUT2D eigenvalue weighted by molar-refractivity contribution is -0.161. The Morgan fingerprint density at radius 2 is 0.479 bits per heavy atom. The average Bonchev–Trinajstić information content (AvgIpc) is 1.88. The van der Waals surface area contributed by atoms with Crippen molar-refractivity contribution in [2.45, 2.75) is 419 Å². The van der Waals surface area contributed by atoms with Gasteiger partial charge in [0, 0.05) is 25.7 Å². The van der Waals surface area contributed by atoms with Crippen molar-refractivity contribution in [2.75, 3.05) is 39.6 Å². The van der Waals surface area contributed by atoms with Crippen molar-refractivity contribution < 1.29 is 80.2 Å². The molecule has 19 heteroatoms. The molecule has 0 aliphatic heterocycles. The van der Waals surface area contributed by atoms with E-state index < -0.39 is 97.5 Å². The number of aliphatic hydroxyl groups excluding tert-OH is 1. The van der Waals surface area contributed by atoms with E-state index in [0.29, 0.717) is 37.5 Å². The summed E-state index contributed by atoms with van der Waals surface area (Å²) in [5.41, 5.74) is 0. The van der Waals surface area contributed by atoms with Gasteiger partial charge < -0.3 is 33.8 Å². The smallest absolute Gasteiger partial charge is 0.462 e. The van der Waals surface area contributed by atoms with E-state index in [1.165, 1.54) is 212 Å². The van der Waals surface area contributed by atoms with E-state index in [-0.39, 0.29) is 25.7 Å². The lowest BCUT2D eigenvalue weighted by Crippen LogP contribution is -2.30. The molecule has 0 aliphatic carbocycles. The first kappa shape index (κ1) is 94.1. The quantitative estimate of drug-likeness (QED) is 0.0222. The first-order valence-corrected chi connectivity index (χ1v) is 43.0. The molecule has 0 saturated carbocycles. The number of esters is 4. The lowest BCUT2D eigenvalue weighted by atomic mass is 10.0. The minimum absolute atomic E-state index is 0.103. The Morgan fingerprint density at radius 1 is 0.281 bits per heavy atom. The third-order valence-electron chi connectivity index (χ3n) is 18.0. The van der Waals surface area contributed by atoms with Crippen molar-refractivity contribution in [3.8, 4) is 0 Å². The normalized spacial score (nSPS) is 14.0. The van der Waals surface area contributed by atoms with Gasteiger partial charge in [-0.3, -0.25) is 37.3 Å². The number of carbonyl (C=O) groups excluding carboxylic acids is 4. The number of phosphoric acid groups is 2. The van der Waals surface area contributed by atoms with E-state index in [1.54, 1.807) is 0 Å². The zero-order valence-electron chi connectivity index (χ0n) is 62.7. The van der Waals surface area contributed by atoms with Gasteiger partial charge in [-0.1, -0.05) is 350 Å². The zero-order chi connectivity index (χ0) is 70.7.